The number of hydrogen-bond donors (Lipinski definition) is 2. The van der Waals surface area contributed by atoms with Crippen LogP contribution in [-0.2, 0) is 0 Å². The molecule has 1 aromatic carbocycles. The van der Waals surface area contributed by atoms with Crippen LogP contribution in [0.15, 0.2) is 24.3 Å². The van der Waals surface area contributed by atoms with Crippen LogP contribution >= 0.6 is 11.6 Å². The minimum absolute atomic E-state index is 0.226. The van der Waals surface area contributed by atoms with Crippen molar-refractivity contribution in [1.29, 1.82) is 0 Å². The van der Waals surface area contributed by atoms with Crippen LogP contribution in [-0.4, -0.2) is 17.8 Å². The number of rotatable bonds is 2. The molecular formula is C11H14ClNO. The topological polar surface area (TPSA) is 32.3 Å². The number of halogens is 1. The summed E-state index contributed by atoms with van der Waals surface area (Å²) in [5, 5.41) is 13.1. The quantitative estimate of drug-likeness (QED) is 0.786. The molecule has 0 aromatic heterocycles. The molecule has 3 heteroatoms. The summed E-state index contributed by atoms with van der Waals surface area (Å²) in [5.74, 6) is 0. The second-order valence-electron chi connectivity index (χ2n) is 3.73. The molecule has 0 amide bonds. The van der Waals surface area contributed by atoms with Crippen molar-refractivity contribution in [3.63, 3.8) is 0 Å². The largest absolute Gasteiger partial charge is 0.395 e. The third-order valence-corrected chi connectivity index (χ3v) is 2.99. The zero-order valence-corrected chi connectivity index (χ0v) is 8.67. The Balaban J connectivity index is 2.06. The first-order chi connectivity index (χ1) is 6.79. The Morgan fingerprint density at radius 3 is 2.57 bits per heavy atom. The molecule has 0 bridgehead atoms. The maximum absolute atomic E-state index is 8.99. The maximum atomic E-state index is 8.99. The van der Waals surface area contributed by atoms with Crippen LogP contribution < -0.4 is 5.32 Å². The van der Waals surface area contributed by atoms with Crippen molar-refractivity contribution in [2.24, 2.45) is 0 Å². The zero-order valence-electron chi connectivity index (χ0n) is 7.91. The number of benzene rings is 1. The van der Waals surface area contributed by atoms with Gasteiger partial charge in [0.25, 0.3) is 0 Å². The Kier molecular flexibility index (Phi) is 3.06. The SMILES string of the molecule is OCC1CCC(c2ccc(Cl)cc2)N1. The molecule has 2 unspecified atom stereocenters. The second-order valence-corrected chi connectivity index (χ2v) is 4.16. The summed E-state index contributed by atoms with van der Waals surface area (Å²) in [4.78, 5) is 0. The van der Waals surface area contributed by atoms with Gasteiger partial charge >= 0.3 is 0 Å². The smallest absolute Gasteiger partial charge is 0.0584 e. The van der Waals surface area contributed by atoms with Crippen LogP contribution in [0, 0.1) is 0 Å². The average molecular weight is 212 g/mol. The summed E-state index contributed by atoms with van der Waals surface area (Å²) >= 11 is 5.81. The van der Waals surface area contributed by atoms with Gasteiger partial charge in [0.2, 0.25) is 0 Å². The fourth-order valence-electron chi connectivity index (χ4n) is 1.92. The van der Waals surface area contributed by atoms with Crippen molar-refractivity contribution in [3.8, 4) is 0 Å². The van der Waals surface area contributed by atoms with E-state index in [1.54, 1.807) is 0 Å². The Bertz CT molecular complexity index is 299. The van der Waals surface area contributed by atoms with Gasteiger partial charge in [-0.25, -0.2) is 0 Å². The van der Waals surface area contributed by atoms with E-state index < -0.39 is 0 Å². The lowest BCUT2D eigenvalue weighted by atomic mass is 10.1. The Morgan fingerprint density at radius 2 is 2.00 bits per heavy atom. The van der Waals surface area contributed by atoms with Crippen LogP contribution in [0.25, 0.3) is 0 Å². The molecule has 76 valence electrons. The van der Waals surface area contributed by atoms with Gasteiger partial charge in [-0.2, -0.15) is 0 Å². The summed E-state index contributed by atoms with van der Waals surface area (Å²) in [7, 11) is 0. The van der Waals surface area contributed by atoms with Crippen molar-refractivity contribution in [2.75, 3.05) is 6.61 Å². The summed E-state index contributed by atoms with van der Waals surface area (Å²) in [5.41, 5.74) is 1.25. The highest BCUT2D eigenvalue weighted by molar-refractivity contribution is 6.30. The van der Waals surface area contributed by atoms with Crippen molar-refractivity contribution in [3.05, 3.63) is 34.9 Å². The summed E-state index contributed by atoms with van der Waals surface area (Å²) in [6.07, 6.45) is 2.14. The predicted octanol–water partition coefficient (Wildman–Crippen LogP) is 2.13. The summed E-state index contributed by atoms with van der Waals surface area (Å²) in [6, 6.07) is 8.54. The molecule has 1 saturated heterocycles. The van der Waals surface area contributed by atoms with Crippen LogP contribution in [0.1, 0.15) is 24.4 Å². The minimum Gasteiger partial charge on any atom is -0.395 e. The first-order valence-electron chi connectivity index (χ1n) is 4.92. The molecule has 2 N–H and O–H groups in total. The van der Waals surface area contributed by atoms with E-state index in [1.165, 1.54) is 5.56 Å². The van der Waals surface area contributed by atoms with Gasteiger partial charge in [0.1, 0.15) is 0 Å². The van der Waals surface area contributed by atoms with E-state index >= 15 is 0 Å². The Labute approximate surface area is 88.9 Å². The molecule has 14 heavy (non-hydrogen) atoms. The molecule has 1 heterocycles. The van der Waals surface area contributed by atoms with Crippen LogP contribution in [0.2, 0.25) is 5.02 Å². The van der Waals surface area contributed by atoms with Gasteiger partial charge in [0.15, 0.2) is 0 Å². The van der Waals surface area contributed by atoms with E-state index in [4.69, 9.17) is 16.7 Å². The van der Waals surface area contributed by atoms with Gasteiger partial charge in [-0.05, 0) is 30.5 Å². The summed E-state index contributed by atoms with van der Waals surface area (Å²) in [6.45, 7) is 0.226. The van der Waals surface area contributed by atoms with Crippen molar-refractivity contribution in [2.45, 2.75) is 24.9 Å². The molecule has 0 saturated carbocycles. The van der Waals surface area contributed by atoms with Crippen LogP contribution in [0.5, 0.6) is 0 Å². The van der Waals surface area contributed by atoms with E-state index in [2.05, 4.69) is 5.32 Å². The molecule has 0 spiro atoms. The standard InChI is InChI=1S/C11H14ClNO/c12-9-3-1-8(2-4-9)11-6-5-10(7-14)13-11/h1-4,10-11,13-14H,5-7H2. The van der Waals surface area contributed by atoms with E-state index in [0.717, 1.165) is 17.9 Å². The average Bonchev–Trinajstić information content (AvgIpc) is 2.67. The second kappa shape index (κ2) is 4.30. The molecule has 2 rings (SSSR count). The normalized spacial score (nSPS) is 26.7. The number of aliphatic hydroxyl groups excluding tert-OH is 1. The minimum atomic E-state index is 0.226. The zero-order chi connectivity index (χ0) is 9.97. The van der Waals surface area contributed by atoms with Gasteiger partial charge in [0, 0.05) is 17.1 Å². The third kappa shape index (κ3) is 2.08. The van der Waals surface area contributed by atoms with E-state index in [1.807, 2.05) is 24.3 Å². The van der Waals surface area contributed by atoms with Crippen LogP contribution in [0.4, 0.5) is 0 Å². The fraction of sp³-hybridized carbons (Fsp3) is 0.455. The van der Waals surface area contributed by atoms with Crippen LogP contribution in [0.3, 0.4) is 0 Å². The monoisotopic (exact) mass is 211 g/mol. The highest BCUT2D eigenvalue weighted by Gasteiger charge is 2.23. The van der Waals surface area contributed by atoms with Gasteiger partial charge < -0.3 is 10.4 Å². The lowest BCUT2D eigenvalue weighted by molar-refractivity contribution is 0.251. The lowest BCUT2D eigenvalue weighted by Gasteiger charge is -2.12. The van der Waals surface area contributed by atoms with E-state index in [-0.39, 0.29) is 12.6 Å². The Hall–Kier alpha value is -0.570. The van der Waals surface area contributed by atoms with Crippen molar-refractivity contribution >= 4 is 11.6 Å². The first kappa shape index (κ1) is 9.97. The maximum Gasteiger partial charge on any atom is 0.0584 e. The highest BCUT2D eigenvalue weighted by atomic mass is 35.5. The Morgan fingerprint density at radius 1 is 1.29 bits per heavy atom. The fourth-order valence-corrected chi connectivity index (χ4v) is 2.05. The van der Waals surface area contributed by atoms with Crippen molar-refractivity contribution in [1.82, 2.24) is 5.32 Å². The van der Waals surface area contributed by atoms with E-state index in [9.17, 15) is 0 Å². The molecule has 1 aliphatic rings. The molecule has 0 radical (unpaired) electrons. The molecule has 2 nitrogen and oxygen atoms in total. The third-order valence-electron chi connectivity index (χ3n) is 2.73. The molecule has 0 aliphatic carbocycles. The highest BCUT2D eigenvalue weighted by Crippen LogP contribution is 2.26. The van der Waals surface area contributed by atoms with Gasteiger partial charge in [0.05, 0.1) is 6.61 Å². The van der Waals surface area contributed by atoms with Gasteiger partial charge in [-0.1, -0.05) is 23.7 Å². The molecule has 1 aromatic rings. The number of aliphatic hydroxyl groups is 1. The molecule has 1 fully saturated rings. The van der Waals surface area contributed by atoms with Crippen molar-refractivity contribution < 1.29 is 5.11 Å². The molecule has 2 atom stereocenters. The van der Waals surface area contributed by atoms with Gasteiger partial charge in [-0.15, -0.1) is 0 Å². The lowest BCUT2D eigenvalue weighted by Crippen LogP contribution is -2.27. The molecule has 1 aliphatic heterocycles. The summed E-state index contributed by atoms with van der Waals surface area (Å²) < 4.78 is 0. The first-order valence-corrected chi connectivity index (χ1v) is 5.30. The predicted molar refractivity (Wildman–Crippen MR) is 57.4 cm³/mol. The number of hydrogen-bond acceptors (Lipinski definition) is 2. The molecular weight excluding hydrogens is 198 g/mol. The number of nitrogens with one attached hydrogen (secondary N) is 1. The van der Waals surface area contributed by atoms with Gasteiger partial charge in [-0.3, -0.25) is 0 Å². The van der Waals surface area contributed by atoms with E-state index in [0.29, 0.717) is 6.04 Å².